The first-order valence-corrected chi connectivity index (χ1v) is 2.01. The summed E-state index contributed by atoms with van der Waals surface area (Å²) in [6.07, 6.45) is -6.98. The minimum absolute atomic E-state index is 2.00. The Bertz CT molecular complexity index is 74.1. The summed E-state index contributed by atoms with van der Waals surface area (Å²) in [4.78, 5) is 0. The highest BCUT2D eigenvalue weighted by Crippen LogP contribution is 2.30. The van der Waals surface area contributed by atoms with E-state index >= 15 is 0 Å². The van der Waals surface area contributed by atoms with Crippen molar-refractivity contribution in [1.29, 1.82) is 0 Å². The molecular weight excluding hydrogens is 143 g/mol. The Morgan fingerprint density at radius 1 is 1.00 bits per heavy atom. The second-order valence-corrected chi connectivity index (χ2v) is 1.65. The average molecular weight is 147 g/mol. The van der Waals surface area contributed by atoms with E-state index in [9.17, 15) is 22.0 Å². The van der Waals surface area contributed by atoms with Gasteiger partial charge in [-0.15, -0.1) is 0 Å². The van der Waals surface area contributed by atoms with E-state index in [0.717, 1.165) is 0 Å². The molecule has 0 unspecified atom stereocenters. The Morgan fingerprint density at radius 2 is 1.33 bits per heavy atom. The molecule has 0 heterocycles. The quantitative estimate of drug-likeness (QED) is 0.499. The maximum absolute atomic E-state index is 11.4. The van der Waals surface area contributed by atoms with E-state index in [4.69, 9.17) is 0 Å². The second-order valence-electron chi connectivity index (χ2n) is 1.65. The molecule has 0 saturated heterocycles. The molecule has 0 rings (SSSR count). The molecule has 0 bridgehead atoms. The first-order valence-electron chi connectivity index (χ1n) is 2.01. The fourth-order valence-electron chi connectivity index (χ4n) is 0.293. The largest absolute Gasteiger partial charge is 0.394 e. The lowest BCUT2D eigenvalue weighted by Gasteiger charge is -2.11. The van der Waals surface area contributed by atoms with Crippen LogP contribution in [-0.4, -0.2) is 12.1 Å². The molecule has 0 aliphatic rings. The summed E-state index contributed by atoms with van der Waals surface area (Å²) in [7, 11) is 0. The topological polar surface area (TPSA) is 0 Å². The predicted molar refractivity (Wildman–Crippen MR) is 21.0 cm³/mol. The van der Waals surface area contributed by atoms with Crippen molar-refractivity contribution in [1.82, 2.24) is 0 Å². The highest BCUT2D eigenvalue weighted by atomic mass is 19.4. The summed E-state index contributed by atoms with van der Waals surface area (Å²) >= 11 is 0. The molecule has 0 fully saturated rings. The summed E-state index contributed by atoms with van der Waals surface area (Å²) in [5, 5.41) is 0. The van der Waals surface area contributed by atoms with Crippen molar-refractivity contribution in [2.24, 2.45) is 0 Å². The molecule has 0 N–H and O–H groups in total. The van der Waals surface area contributed by atoms with Gasteiger partial charge < -0.3 is 0 Å². The van der Waals surface area contributed by atoms with Crippen LogP contribution in [0.25, 0.3) is 0 Å². The minimum Gasteiger partial charge on any atom is -0.207 e. The van der Waals surface area contributed by atoms with Crippen LogP contribution >= 0.6 is 0 Å². The maximum atomic E-state index is 11.4. The molecule has 5 heteroatoms. The van der Waals surface area contributed by atoms with Crippen molar-refractivity contribution in [3.05, 3.63) is 6.92 Å². The zero-order chi connectivity index (χ0) is 7.71. The van der Waals surface area contributed by atoms with Crippen LogP contribution in [0.2, 0.25) is 0 Å². The van der Waals surface area contributed by atoms with Crippen molar-refractivity contribution in [2.75, 3.05) is 0 Å². The van der Waals surface area contributed by atoms with Gasteiger partial charge in [0.05, 0.1) is 0 Å². The van der Waals surface area contributed by atoms with E-state index < -0.39 is 18.5 Å². The predicted octanol–water partition coefficient (Wildman–Crippen LogP) is 2.41. The average Bonchev–Trinajstić information content (AvgIpc) is 1.14. The Kier molecular flexibility index (Phi) is 2.03. The van der Waals surface area contributed by atoms with Gasteiger partial charge in [-0.1, -0.05) is 0 Å². The molecule has 0 aliphatic heterocycles. The minimum atomic E-state index is -4.83. The zero-order valence-corrected chi connectivity index (χ0v) is 4.30. The van der Waals surface area contributed by atoms with Gasteiger partial charge in [0.15, 0.2) is 0 Å². The number of hydrogen-bond donors (Lipinski definition) is 0. The highest BCUT2D eigenvalue weighted by Gasteiger charge is 2.39. The first-order chi connectivity index (χ1) is 3.71. The summed E-state index contributed by atoms with van der Waals surface area (Å²) < 4.78 is 55.9. The molecule has 0 aromatic rings. The molecule has 9 heavy (non-hydrogen) atoms. The van der Waals surface area contributed by atoms with Crippen LogP contribution in [0.3, 0.4) is 0 Å². The molecule has 55 valence electrons. The Balaban J connectivity index is 3.75. The van der Waals surface area contributed by atoms with Crippen LogP contribution < -0.4 is 0 Å². The molecule has 0 aromatic heterocycles. The monoisotopic (exact) mass is 147 g/mol. The van der Waals surface area contributed by atoms with Crippen LogP contribution in [0, 0.1) is 6.92 Å². The normalized spacial score (nSPS) is 14.0. The third kappa shape index (κ3) is 7.65. The summed E-state index contributed by atoms with van der Waals surface area (Å²) in [6.45, 7) is 2.00. The smallest absolute Gasteiger partial charge is 0.207 e. The van der Waals surface area contributed by atoms with Crippen LogP contribution in [-0.2, 0) is 0 Å². The second kappa shape index (κ2) is 2.11. The van der Waals surface area contributed by atoms with E-state index in [1.165, 1.54) is 0 Å². The van der Waals surface area contributed by atoms with Gasteiger partial charge in [-0.3, -0.25) is 0 Å². The van der Waals surface area contributed by atoms with Gasteiger partial charge in [0.2, 0.25) is 0 Å². The number of halogens is 5. The number of hydrogen-bond acceptors (Lipinski definition) is 0. The standard InChI is InChI=1S/C4H4F5/c1-3(5,6)2-4(7,8)9/h1-2H2. The fraction of sp³-hybridized carbons (Fsp3) is 0.750. The van der Waals surface area contributed by atoms with Gasteiger partial charge in [0.25, 0.3) is 5.92 Å². The lowest BCUT2D eigenvalue weighted by molar-refractivity contribution is -0.175. The maximum Gasteiger partial charge on any atom is 0.394 e. The van der Waals surface area contributed by atoms with E-state index in [0.29, 0.717) is 0 Å². The summed E-state index contributed by atoms with van der Waals surface area (Å²) in [5.41, 5.74) is 0. The molecule has 0 spiro atoms. The van der Waals surface area contributed by atoms with Crippen LogP contribution in [0.5, 0.6) is 0 Å². The molecule has 1 radical (unpaired) electrons. The third-order valence-corrected chi connectivity index (χ3v) is 0.459. The van der Waals surface area contributed by atoms with Gasteiger partial charge in [0, 0.05) is 6.92 Å². The van der Waals surface area contributed by atoms with Crippen LogP contribution in [0.1, 0.15) is 6.42 Å². The summed E-state index contributed by atoms with van der Waals surface area (Å²) in [5.74, 6) is -3.89. The number of alkyl halides is 5. The van der Waals surface area contributed by atoms with Gasteiger partial charge in [-0.05, 0) is 0 Å². The van der Waals surface area contributed by atoms with Crippen LogP contribution in [0.4, 0.5) is 22.0 Å². The fourth-order valence-corrected chi connectivity index (χ4v) is 0.293. The Morgan fingerprint density at radius 3 is 1.33 bits per heavy atom. The number of rotatable bonds is 1. The molecule has 0 saturated carbocycles. The SMILES string of the molecule is [CH2]C(F)(F)CC(F)(F)F. The molecular formula is C4H4F5. The molecule has 0 amide bonds. The van der Waals surface area contributed by atoms with Crippen molar-refractivity contribution in [3.8, 4) is 0 Å². The van der Waals surface area contributed by atoms with E-state index in [1.807, 2.05) is 6.92 Å². The van der Waals surface area contributed by atoms with Gasteiger partial charge >= 0.3 is 6.18 Å². The van der Waals surface area contributed by atoms with Crippen molar-refractivity contribution in [3.63, 3.8) is 0 Å². The lowest BCUT2D eigenvalue weighted by atomic mass is 10.3. The van der Waals surface area contributed by atoms with E-state index in [2.05, 4.69) is 0 Å². The zero-order valence-electron chi connectivity index (χ0n) is 4.30. The van der Waals surface area contributed by atoms with Gasteiger partial charge in [-0.25, -0.2) is 8.78 Å². The summed E-state index contributed by atoms with van der Waals surface area (Å²) in [6, 6.07) is 0. The Labute approximate surface area is 48.7 Å². The lowest BCUT2D eigenvalue weighted by Crippen LogP contribution is -2.22. The molecule has 0 aromatic carbocycles. The first kappa shape index (κ1) is 8.65. The molecule has 0 aliphatic carbocycles. The van der Waals surface area contributed by atoms with E-state index in [-0.39, 0.29) is 0 Å². The Hall–Kier alpha value is -0.350. The highest BCUT2D eigenvalue weighted by molar-refractivity contribution is 4.72. The van der Waals surface area contributed by atoms with Crippen LogP contribution in [0.15, 0.2) is 0 Å². The van der Waals surface area contributed by atoms with E-state index in [1.54, 1.807) is 0 Å². The van der Waals surface area contributed by atoms with Gasteiger partial charge in [0.1, 0.15) is 6.42 Å². The molecule has 0 nitrogen and oxygen atoms in total. The third-order valence-electron chi connectivity index (χ3n) is 0.459. The van der Waals surface area contributed by atoms with Crippen molar-refractivity contribution >= 4 is 0 Å². The van der Waals surface area contributed by atoms with Crippen molar-refractivity contribution in [2.45, 2.75) is 18.5 Å². The van der Waals surface area contributed by atoms with Crippen molar-refractivity contribution < 1.29 is 22.0 Å². The molecule has 0 atom stereocenters. The van der Waals surface area contributed by atoms with Gasteiger partial charge in [-0.2, -0.15) is 13.2 Å².